The molecule has 0 aliphatic carbocycles. The maximum Gasteiger partial charge on any atom is 0.290 e. The predicted octanol–water partition coefficient (Wildman–Crippen LogP) is 2.58. The summed E-state index contributed by atoms with van der Waals surface area (Å²) in [6.07, 6.45) is 0. The summed E-state index contributed by atoms with van der Waals surface area (Å²) < 4.78 is 30.5. The molecule has 0 saturated heterocycles. The van der Waals surface area contributed by atoms with Crippen LogP contribution in [0.3, 0.4) is 0 Å². The van der Waals surface area contributed by atoms with E-state index in [0.29, 0.717) is 6.54 Å². The van der Waals surface area contributed by atoms with Crippen LogP contribution >= 0.6 is 0 Å². The average molecular weight is 350 g/mol. The Kier molecular flexibility index (Phi) is 5.46. The molecule has 0 N–H and O–H groups in total. The van der Waals surface area contributed by atoms with Crippen LogP contribution < -0.4 is 0 Å². The van der Waals surface area contributed by atoms with E-state index in [1.54, 1.807) is 4.90 Å². The first-order chi connectivity index (χ1) is 11.2. The first-order valence-electron chi connectivity index (χ1n) is 7.60. The number of hydrogen-bond acceptors (Lipinski definition) is 4. The molecule has 0 aliphatic rings. The summed E-state index contributed by atoms with van der Waals surface area (Å²) in [6, 6.07) is 12.3. The predicted molar refractivity (Wildman–Crippen MR) is 91.0 cm³/mol. The third kappa shape index (κ3) is 3.85. The standard InChI is InChI=1S/C17H22N2O4S/c1-13(2)19(12-14-8-6-5-7-9-14)17(20)15-10-11-16(23-15)24(21,22)18(3)4/h5-11,13H,12H2,1-4H3. The summed E-state index contributed by atoms with van der Waals surface area (Å²) in [5.41, 5.74) is 0.993. The maximum atomic E-state index is 12.7. The average Bonchev–Trinajstić information content (AvgIpc) is 3.03. The molecule has 130 valence electrons. The van der Waals surface area contributed by atoms with Crippen LogP contribution in [-0.2, 0) is 16.6 Å². The van der Waals surface area contributed by atoms with E-state index in [-0.39, 0.29) is 22.8 Å². The number of carbonyl (C=O) groups excluding carboxylic acids is 1. The van der Waals surface area contributed by atoms with Gasteiger partial charge in [-0.05, 0) is 31.5 Å². The van der Waals surface area contributed by atoms with Crippen LogP contribution in [0.5, 0.6) is 0 Å². The minimum atomic E-state index is -3.70. The van der Waals surface area contributed by atoms with Crippen LogP contribution in [0.15, 0.2) is 52.0 Å². The van der Waals surface area contributed by atoms with Crippen molar-refractivity contribution in [2.75, 3.05) is 14.1 Å². The summed E-state index contributed by atoms with van der Waals surface area (Å²) in [5, 5.41) is -0.237. The molecule has 24 heavy (non-hydrogen) atoms. The molecule has 2 rings (SSSR count). The molecule has 0 aliphatic heterocycles. The number of carbonyl (C=O) groups is 1. The van der Waals surface area contributed by atoms with Gasteiger partial charge in [0, 0.05) is 26.7 Å². The number of furan rings is 1. The van der Waals surface area contributed by atoms with E-state index in [1.807, 2.05) is 44.2 Å². The smallest absolute Gasteiger partial charge is 0.290 e. The largest absolute Gasteiger partial charge is 0.438 e. The lowest BCUT2D eigenvalue weighted by molar-refractivity contribution is 0.0651. The fourth-order valence-corrected chi connectivity index (χ4v) is 2.96. The molecule has 0 radical (unpaired) electrons. The Morgan fingerprint density at radius 1 is 1.08 bits per heavy atom. The van der Waals surface area contributed by atoms with E-state index in [4.69, 9.17) is 4.42 Å². The highest BCUT2D eigenvalue weighted by Gasteiger charge is 2.26. The van der Waals surface area contributed by atoms with Crippen LogP contribution in [0.25, 0.3) is 0 Å². The Balaban J connectivity index is 2.27. The van der Waals surface area contributed by atoms with Gasteiger partial charge in [-0.3, -0.25) is 4.79 Å². The quantitative estimate of drug-likeness (QED) is 0.803. The van der Waals surface area contributed by atoms with Crippen LogP contribution in [-0.4, -0.2) is 43.7 Å². The molecule has 1 amide bonds. The summed E-state index contributed by atoms with van der Waals surface area (Å²) in [7, 11) is -0.875. The molecule has 1 aromatic carbocycles. The minimum absolute atomic E-state index is 0.0139. The zero-order chi connectivity index (χ0) is 17.9. The van der Waals surface area contributed by atoms with Gasteiger partial charge < -0.3 is 9.32 Å². The zero-order valence-electron chi connectivity index (χ0n) is 14.3. The minimum Gasteiger partial charge on any atom is -0.438 e. The summed E-state index contributed by atoms with van der Waals surface area (Å²) in [6.45, 7) is 4.23. The van der Waals surface area contributed by atoms with Gasteiger partial charge in [0.15, 0.2) is 5.76 Å². The Morgan fingerprint density at radius 2 is 1.71 bits per heavy atom. The Bertz CT molecular complexity index is 795. The van der Waals surface area contributed by atoms with Gasteiger partial charge in [-0.25, -0.2) is 12.7 Å². The van der Waals surface area contributed by atoms with Gasteiger partial charge in [-0.15, -0.1) is 0 Å². The Labute approximate surface area is 142 Å². The van der Waals surface area contributed by atoms with Gasteiger partial charge in [0.05, 0.1) is 0 Å². The fraction of sp³-hybridized carbons (Fsp3) is 0.353. The van der Waals surface area contributed by atoms with Crippen molar-refractivity contribution in [2.24, 2.45) is 0 Å². The van der Waals surface area contributed by atoms with Crippen molar-refractivity contribution < 1.29 is 17.6 Å². The number of benzene rings is 1. The third-order valence-corrected chi connectivity index (χ3v) is 5.30. The second-order valence-electron chi connectivity index (χ2n) is 5.92. The van der Waals surface area contributed by atoms with Crippen molar-refractivity contribution in [3.8, 4) is 0 Å². The lowest BCUT2D eigenvalue weighted by Crippen LogP contribution is -2.36. The SMILES string of the molecule is CC(C)N(Cc1ccccc1)C(=O)c1ccc(S(=O)(=O)N(C)C)o1. The van der Waals surface area contributed by atoms with E-state index in [0.717, 1.165) is 9.87 Å². The van der Waals surface area contributed by atoms with Crippen molar-refractivity contribution in [3.05, 3.63) is 53.8 Å². The van der Waals surface area contributed by atoms with Gasteiger partial charge in [0.25, 0.3) is 15.9 Å². The molecular weight excluding hydrogens is 328 g/mol. The number of amides is 1. The van der Waals surface area contributed by atoms with Gasteiger partial charge in [-0.2, -0.15) is 0 Å². The zero-order valence-corrected chi connectivity index (χ0v) is 15.1. The van der Waals surface area contributed by atoms with Gasteiger partial charge in [-0.1, -0.05) is 30.3 Å². The lowest BCUT2D eigenvalue weighted by atomic mass is 10.2. The van der Waals surface area contributed by atoms with Crippen molar-refractivity contribution in [2.45, 2.75) is 31.5 Å². The van der Waals surface area contributed by atoms with E-state index < -0.39 is 10.0 Å². The van der Waals surface area contributed by atoms with Crippen molar-refractivity contribution in [3.63, 3.8) is 0 Å². The first-order valence-corrected chi connectivity index (χ1v) is 9.04. The molecule has 0 atom stereocenters. The molecule has 1 aromatic heterocycles. The lowest BCUT2D eigenvalue weighted by Gasteiger charge is -2.26. The molecule has 6 nitrogen and oxygen atoms in total. The summed E-state index contributed by atoms with van der Waals surface area (Å²) >= 11 is 0. The van der Waals surface area contributed by atoms with Gasteiger partial charge in [0.2, 0.25) is 5.09 Å². The van der Waals surface area contributed by atoms with Crippen molar-refractivity contribution in [1.29, 1.82) is 0 Å². The molecule has 0 unspecified atom stereocenters. The third-order valence-electron chi connectivity index (χ3n) is 3.61. The number of nitrogens with zero attached hydrogens (tertiary/aromatic N) is 2. The first kappa shape index (κ1) is 18.2. The second-order valence-corrected chi connectivity index (χ2v) is 8.00. The number of hydrogen-bond donors (Lipinski definition) is 0. The molecule has 2 aromatic rings. The van der Waals surface area contributed by atoms with Gasteiger partial charge in [0.1, 0.15) is 0 Å². The molecule has 0 bridgehead atoms. The Hall–Kier alpha value is -2.12. The van der Waals surface area contributed by atoms with E-state index in [9.17, 15) is 13.2 Å². The van der Waals surface area contributed by atoms with Crippen LogP contribution in [0.2, 0.25) is 0 Å². The molecule has 0 saturated carbocycles. The van der Waals surface area contributed by atoms with E-state index in [1.165, 1.54) is 26.2 Å². The van der Waals surface area contributed by atoms with Crippen LogP contribution in [0.1, 0.15) is 30.0 Å². The summed E-state index contributed by atoms with van der Waals surface area (Å²) in [5.74, 6) is -0.325. The van der Waals surface area contributed by atoms with Crippen LogP contribution in [0, 0.1) is 0 Å². The fourth-order valence-electron chi connectivity index (χ4n) is 2.16. The van der Waals surface area contributed by atoms with Crippen molar-refractivity contribution >= 4 is 15.9 Å². The highest BCUT2D eigenvalue weighted by Crippen LogP contribution is 2.20. The number of sulfonamides is 1. The molecule has 1 heterocycles. The maximum absolute atomic E-state index is 12.7. The summed E-state index contributed by atoms with van der Waals surface area (Å²) in [4.78, 5) is 14.4. The molecular formula is C17H22N2O4S. The van der Waals surface area contributed by atoms with Crippen LogP contribution in [0.4, 0.5) is 0 Å². The molecule has 7 heteroatoms. The van der Waals surface area contributed by atoms with E-state index in [2.05, 4.69) is 0 Å². The van der Waals surface area contributed by atoms with E-state index >= 15 is 0 Å². The van der Waals surface area contributed by atoms with Crippen molar-refractivity contribution in [1.82, 2.24) is 9.21 Å². The topological polar surface area (TPSA) is 70.8 Å². The monoisotopic (exact) mass is 350 g/mol. The second kappa shape index (κ2) is 7.19. The highest BCUT2D eigenvalue weighted by atomic mass is 32.2. The molecule has 0 spiro atoms. The molecule has 0 fully saturated rings. The van der Waals surface area contributed by atoms with Gasteiger partial charge >= 0.3 is 0 Å². The Morgan fingerprint density at radius 3 is 2.25 bits per heavy atom. The number of rotatable bonds is 6. The highest BCUT2D eigenvalue weighted by molar-refractivity contribution is 7.88. The normalized spacial score (nSPS) is 11.9.